The van der Waals surface area contributed by atoms with Gasteiger partial charge in [-0.05, 0) is 32.9 Å². The molecule has 2 rings (SSSR count). The average molecular weight is 195 g/mol. The first kappa shape index (κ1) is 9.74. The molecule has 0 bridgehead atoms. The first-order valence-electron chi connectivity index (χ1n) is 5.12. The van der Waals surface area contributed by atoms with E-state index in [1.807, 2.05) is 19.1 Å². The van der Waals surface area contributed by atoms with Gasteiger partial charge in [0.05, 0.1) is 18.2 Å². The highest BCUT2D eigenvalue weighted by Gasteiger charge is 2.28. The van der Waals surface area contributed by atoms with Gasteiger partial charge < -0.3 is 14.5 Å². The lowest BCUT2D eigenvalue weighted by Gasteiger charge is -2.33. The molecule has 3 nitrogen and oxygen atoms in total. The molecule has 0 spiro atoms. The molecule has 14 heavy (non-hydrogen) atoms. The highest BCUT2D eigenvalue weighted by molar-refractivity contribution is 5.11. The molecule has 1 N–H and O–H groups in total. The van der Waals surface area contributed by atoms with E-state index >= 15 is 0 Å². The molecule has 1 aliphatic rings. The van der Waals surface area contributed by atoms with Gasteiger partial charge in [-0.3, -0.25) is 0 Å². The molecular formula is C11H17NO2. The van der Waals surface area contributed by atoms with Crippen molar-refractivity contribution in [1.82, 2.24) is 5.32 Å². The van der Waals surface area contributed by atoms with Gasteiger partial charge in [0, 0.05) is 6.54 Å². The van der Waals surface area contributed by atoms with Crippen molar-refractivity contribution in [2.45, 2.75) is 39.0 Å². The zero-order valence-electron chi connectivity index (χ0n) is 8.91. The summed E-state index contributed by atoms with van der Waals surface area (Å²) in [4.78, 5) is 0. The van der Waals surface area contributed by atoms with Crippen molar-refractivity contribution in [3.05, 3.63) is 23.7 Å². The van der Waals surface area contributed by atoms with Gasteiger partial charge in [0.1, 0.15) is 11.5 Å². The summed E-state index contributed by atoms with van der Waals surface area (Å²) in [6, 6.07) is 4.20. The second-order valence-electron chi connectivity index (χ2n) is 3.99. The highest BCUT2D eigenvalue weighted by Crippen LogP contribution is 2.25. The molecule has 1 aromatic rings. The Morgan fingerprint density at radius 1 is 1.36 bits per heavy atom. The molecule has 0 aromatic carbocycles. The summed E-state index contributed by atoms with van der Waals surface area (Å²) in [5.74, 6) is 1.93. The van der Waals surface area contributed by atoms with E-state index in [1.165, 1.54) is 0 Å². The van der Waals surface area contributed by atoms with Gasteiger partial charge in [-0.15, -0.1) is 0 Å². The fourth-order valence-corrected chi connectivity index (χ4v) is 1.90. The van der Waals surface area contributed by atoms with Crippen molar-refractivity contribution >= 4 is 0 Å². The lowest BCUT2D eigenvalue weighted by Crippen LogP contribution is -2.44. The number of hydrogen-bond donors (Lipinski definition) is 1. The van der Waals surface area contributed by atoms with E-state index in [0.29, 0.717) is 0 Å². The molecule has 78 valence electrons. The third kappa shape index (κ3) is 1.83. The molecule has 0 unspecified atom stereocenters. The van der Waals surface area contributed by atoms with Crippen molar-refractivity contribution in [3.63, 3.8) is 0 Å². The van der Waals surface area contributed by atoms with E-state index in [9.17, 15) is 0 Å². The number of aryl methyl sites for hydroxylation is 1. The van der Waals surface area contributed by atoms with E-state index in [2.05, 4.69) is 19.2 Å². The van der Waals surface area contributed by atoms with Crippen LogP contribution in [0.1, 0.15) is 31.4 Å². The standard InChI is InChI=1S/C11H17NO2/c1-7-4-5-10(14-7)11-9(3)13-8(2)6-12-11/h4-5,8-9,11-12H,6H2,1-3H3/t8-,9+,11+/m1/s1. The summed E-state index contributed by atoms with van der Waals surface area (Å²) in [5.41, 5.74) is 0. The molecule has 1 aromatic heterocycles. The number of furan rings is 1. The van der Waals surface area contributed by atoms with Crippen LogP contribution in [-0.2, 0) is 4.74 Å². The number of rotatable bonds is 1. The van der Waals surface area contributed by atoms with Gasteiger partial charge in [-0.25, -0.2) is 0 Å². The van der Waals surface area contributed by atoms with Gasteiger partial charge in [-0.2, -0.15) is 0 Å². The zero-order valence-corrected chi connectivity index (χ0v) is 8.91. The topological polar surface area (TPSA) is 34.4 Å². The predicted molar refractivity (Wildman–Crippen MR) is 54.2 cm³/mol. The van der Waals surface area contributed by atoms with E-state index in [0.717, 1.165) is 18.1 Å². The van der Waals surface area contributed by atoms with Crippen LogP contribution in [0.15, 0.2) is 16.5 Å². The smallest absolute Gasteiger partial charge is 0.123 e. The Morgan fingerprint density at radius 2 is 2.14 bits per heavy atom. The van der Waals surface area contributed by atoms with Crippen LogP contribution in [0.3, 0.4) is 0 Å². The van der Waals surface area contributed by atoms with Crippen molar-refractivity contribution in [3.8, 4) is 0 Å². The minimum absolute atomic E-state index is 0.171. The second-order valence-corrected chi connectivity index (χ2v) is 3.99. The molecule has 1 saturated heterocycles. The largest absolute Gasteiger partial charge is 0.465 e. The Labute approximate surface area is 84.4 Å². The maximum Gasteiger partial charge on any atom is 0.123 e. The molecule has 0 saturated carbocycles. The van der Waals surface area contributed by atoms with Crippen LogP contribution in [0.4, 0.5) is 0 Å². The fraction of sp³-hybridized carbons (Fsp3) is 0.636. The van der Waals surface area contributed by atoms with Crippen LogP contribution in [0.2, 0.25) is 0 Å². The summed E-state index contributed by atoms with van der Waals surface area (Å²) in [6.45, 7) is 6.99. The lowest BCUT2D eigenvalue weighted by atomic mass is 10.1. The van der Waals surface area contributed by atoms with Crippen molar-refractivity contribution in [1.29, 1.82) is 0 Å². The number of nitrogens with one attached hydrogen (secondary N) is 1. The molecule has 3 atom stereocenters. The summed E-state index contributed by atoms with van der Waals surface area (Å²) < 4.78 is 11.3. The highest BCUT2D eigenvalue weighted by atomic mass is 16.5. The number of morpholine rings is 1. The average Bonchev–Trinajstić information content (AvgIpc) is 2.51. The molecule has 2 heterocycles. The molecular weight excluding hydrogens is 178 g/mol. The Hall–Kier alpha value is -0.800. The third-order valence-corrected chi connectivity index (χ3v) is 2.61. The van der Waals surface area contributed by atoms with E-state index in [-0.39, 0.29) is 18.2 Å². The minimum atomic E-state index is 0.171. The van der Waals surface area contributed by atoms with E-state index in [4.69, 9.17) is 9.15 Å². The predicted octanol–water partition coefficient (Wildman–Crippen LogP) is 2.03. The maximum absolute atomic E-state index is 5.74. The van der Waals surface area contributed by atoms with Crippen LogP contribution >= 0.6 is 0 Å². The van der Waals surface area contributed by atoms with Crippen LogP contribution in [0.5, 0.6) is 0 Å². The number of ether oxygens (including phenoxy) is 1. The summed E-state index contributed by atoms with van der Waals surface area (Å²) >= 11 is 0. The second kappa shape index (κ2) is 3.75. The normalized spacial score (nSPS) is 33.2. The van der Waals surface area contributed by atoms with Crippen LogP contribution in [-0.4, -0.2) is 18.8 Å². The van der Waals surface area contributed by atoms with Crippen LogP contribution < -0.4 is 5.32 Å². The van der Waals surface area contributed by atoms with Crippen molar-refractivity contribution < 1.29 is 9.15 Å². The van der Waals surface area contributed by atoms with E-state index in [1.54, 1.807) is 0 Å². The SMILES string of the molecule is Cc1ccc([C@H]2NC[C@@H](C)O[C@H]2C)o1. The summed E-state index contributed by atoms with van der Waals surface area (Å²) in [6.07, 6.45) is 0.460. The number of hydrogen-bond acceptors (Lipinski definition) is 3. The first-order chi connectivity index (χ1) is 6.66. The maximum atomic E-state index is 5.74. The first-order valence-corrected chi connectivity index (χ1v) is 5.12. The van der Waals surface area contributed by atoms with Crippen molar-refractivity contribution in [2.24, 2.45) is 0 Å². The summed E-state index contributed by atoms with van der Waals surface area (Å²) in [5, 5.41) is 3.43. The molecule has 0 amide bonds. The van der Waals surface area contributed by atoms with Crippen LogP contribution in [0.25, 0.3) is 0 Å². The fourth-order valence-electron chi connectivity index (χ4n) is 1.90. The Kier molecular flexibility index (Phi) is 2.61. The van der Waals surface area contributed by atoms with Gasteiger partial charge in [0.25, 0.3) is 0 Å². The minimum Gasteiger partial charge on any atom is -0.465 e. The zero-order chi connectivity index (χ0) is 10.1. The van der Waals surface area contributed by atoms with Gasteiger partial charge in [0.2, 0.25) is 0 Å². The van der Waals surface area contributed by atoms with Crippen molar-refractivity contribution in [2.75, 3.05) is 6.54 Å². The summed E-state index contributed by atoms with van der Waals surface area (Å²) in [7, 11) is 0. The Balaban J connectivity index is 2.11. The Morgan fingerprint density at radius 3 is 2.71 bits per heavy atom. The lowest BCUT2D eigenvalue weighted by molar-refractivity contribution is -0.0490. The molecule has 3 heteroatoms. The van der Waals surface area contributed by atoms with Gasteiger partial charge in [-0.1, -0.05) is 0 Å². The molecule has 1 fully saturated rings. The van der Waals surface area contributed by atoms with Crippen LogP contribution in [0, 0.1) is 6.92 Å². The molecule has 1 aliphatic heterocycles. The van der Waals surface area contributed by atoms with Gasteiger partial charge >= 0.3 is 0 Å². The molecule has 0 aliphatic carbocycles. The third-order valence-electron chi connectivity index (χ3n) is 2.61. The quantitative estimate of drug-likeness (QED) is 0.744. The van der Waals surface area contributed by atoms with E-state index < -0.39 is 0 Å². The molecule has 0 radical (unpaired) electrons. The Bertz CT molecular complexity index is 308. The monoisotopic (exact) mass is 195 g/mol. The van der Waals surface area contributed by atoms with Gasteiger partial charge in [0.15, 0.2) is 0 Å².